The smallest absolute Gasteiger partial charge is 0.123 e. The van der Waals surface area contributed by atoms with Crippen LogP contribution in [0.2, 0.25) is 0 Å². The Morgan fingerprint density at radius 1 is 1.30 bits per heavy atom. The van der Waals surface area contributed by atoms with E-state index in [9.17, 15) is 0 Å². The Hall–Kier alpha value is -1.26. The highest BCUT2D eigenvalue weighted by molar-refractivity contribution is 5.42. The fraction of sp³-hybridized carbons (Fsp3) is 0.625. The summed E-state index contributed by atoms with van der Waals surface area (Å²) in [4.78, 5) is 2.37. The third kappa shape index (κ3) is 3.07. The minimum atomic E-state index is 0.245. The molecule has 2 rings (SSSR count). The Labute approximate surface area is 121 Å². The molecule has 0 radical (unpaired) electrons. The number of rotatable bonds is 7. The lowest BCUT2D eigenvalue weighted by molar-refractivity contribution is 0.167. The minimum Gasteiger partial charge on any atom is -0.497 e. The number of hydrogen-bond acceptors (Lipinski definition) is 4. The average Bonchev–Trinajstić information content (AvgIpc) is 3.31. The Kier molecular flexibility index (Phi) is 4.89. The summed E-state index contributed by atoms with van der Waals surface area (Å²) >= 11 is 0. The van der Waals surface area contributed by atoms with Crippen molar-refractivity contribution in [3.8, 4) is 11.5 Å². The predicted molar refractivity (Wildman–Crippen MR) is 81.3 cm³/mol. The van der Waals surface area contributed by atoms with E-state index in [1.165, 1.54) is 12.8 Å². The van der Waals surface area contributed by atoms with Crippen molar-refractivity contribution in [3.05, 3.63) is 23.8 Å². The van der Waals surface area contributed by atoms with Crippen LogP contribution in [0, 0.1) is 5.92 Å². The maximum atomic E-state index is 5.96. The van der Waals surface area contributed by atoms with E-state index in [2.05, 4.69) is 24.9 Å². The molecule has 0 bridgehead atoms. The summed E-state index contributed by atoms with van der Waals surface area (Å²) in [5, 5.41) is 0. The molecule has 1 aliphatic rings. The van der Waals surface area contributed by atoms with Crippen LogP contribution in [0.15, 0.2) is 18.2 Å². The third-order valence-corrected chi connectivity index (χ3v) is 4.43. The van der Waals surface area contributed by atoms with E-state index in [-0.39, 0.29) is 6.04 Å². The van der Waals surface area contributed by atoms with Crippen molar-refractivity contribution in [2.75, 3.05) is 27.8 Å². The summed E-state index contributed by atoms with van der Waals surface area (Å²) in [7, 11) is 5.55. The number of nitrogens with zero attached hydrogens (tertiary/aromatic N) is 1. The second-order valence-corrected chi connectivity index (χ2v) is 5.59. The van der Waals surface area contributed by atoms with Gasteiger partial charge in [-0.25, -0.2) is 0 Å². The van der Waals surface area contributed by atoms with Crippen molar-refractivity contribution in [2.24, 2.45) is 11.7 Å². The van der Waals surface area contributed by atoms with Gasteiger partial charge in [-0.1, -0.05) is 0 Å². The fourth-order valence-corrected chi connectivity index (χ4v) is 2.84. The van der Waals surface area contributed by atoms with E-state index >= 15 is 0 Å². The quantitative estimate of drug-likeness (QED) is 0.832. The van der Waals surface area contributed by atoms with Gasteiger partial charge in [-0.2, -0.15) is 0 Å². The summed E-state index contributed by atoms with van der Waals surface area (Å²) in [6.07, 6.45) is 2.60. The molecule has 1 aromatic carbocycles. The molecular formula is C16H26N2O2. The Balaban J connectivity index is 2.23. The van der Waals surface area contributed by atoms with E-state index < -0.39 is 0 Å². The van der Waals surface area contributed by atoms with Crippen LogP contribution < -0.4 is 15.2 Å². The van der Waals surface area contributed by atoms with E-state index in [4.69, 9.17) is 15.2 Å². The summed E-state index contributed by atoms with van der Waals surface area (Å²) < 4.78 is 10.8. The first kappa shape index (κ1) is 15.1. The molecule has 2 atom stereocenters. The number of benzene rings is 1. The highest BCUT2D eigenvalue weighted by Crippen LogP contribution is 2.39. The van der Waals surface area contributed by atoms with Gasteiger partial charge in [0, 0.05) is 24.2 Å². The molecule has 20 heavy (non-hydrogen) atoms. The second-order valence-electron chi connectivity index (χ2n) is 5.59. The van der Waals surface area contributed by atoms with Crippen molar-refractivity contribution in [1.82, 2.24) is 4.90 Å². The molecule has 112 valence electrons. The van der Waals surface area contributed by atoms with Crippen LogP contribution >= 0.6 is 0 Å². The van der Waals surface area contributed by atoms with Gasteiger partial charge in [-0.15, -0.1) is 0 Å². The van der Waals surface area contributed by atoms with E-state index in [0.717, 1.165) is 23.0 Å². The van der Waals surface area contributed by atoms with Crippen molar-refractivity contribution in [1.29, 1.82) is 0 Å². The van der Waals surface area contributed by atoms with Crippen molar-refractivity contribution < 1.29 is 9.47 Å². The zero-order chi connectivity index (χ0) is 14.7. The van der Waals surface area contributed by atoms with Crippen molar-refractivity contribution in [3.63, 3.8) is 0 Å². The zero-order valence-corrected chi connectivity index (χ0v) is 12.9. The molecule has 0 saturated heterocycles. The summed E-state index contributed by atoms with van der Waals surface area (Å²) in [6, 6.07) is 6.64. The molecule has 4 heteroatoms. The van der Waals surface area contributed by atoms with Gasteiger partial charge in [0.15, 0.2) is 0 Å². The average molecular weight is 278 g/mol. The first-order valence-electron chi connectivity index (χ1n) is 7.26. The Morgan fingerprint density at radius 3 is 2.50 bits per heavy atom. The molecule has 0 aromatic heterocycles. The van der Waals surface area contributed by atoms with Gasteiger partial charge in [0.25, 0.3) is 0 Å². The van der Waals surface area contributed by atoms with Gasteiger partial charge in [0.1, 0.15) is 11.5 Å². The van der Waals surface area contributed by atoms with Crippen LogP contribution in [-0.2, 0) is 0 Å². The topological polar surface area (TPSA) is 47.7 Å². The van der Waals surface area contributed by atoms with Crippen LogP contribution in [0.25, 0.3) is 0 Å². The maximum absolute atomic E-state index is 5.96. The maximum Gasteiger partial charge on any atom is 0.123 e. The highest BCUT2D eigenvalue weighted by Gasteiger charge is 2.35. The van der Waals surface area contributed by atoms with E-state index in [1.807, 2.05) is 12.1 Å². The van der Waals surface area contributed by atoms with Crippen LogP contribution in [0.5, 0.6) is 11.5 Å². The number of nitrogens with two attached hydrogens (primary N) is 1. The van der Waals surface area contributed by atoms with E-state index in [1.54, 1.807) is 14.2 Å². The summed E-state index contributed by atoms with van der Waals surface area (Å²) in [5.41, 5.74) is 7.11. The number of ether oxygens (including phenoxy) is 2. The Bertz CT molecular complexity index is 446. The van der Waals surface area contributed by atoms with Gasteiger partial charge < -0.3 is 15.2 Å². The molecule has 0 aliphatic heterocycles. The zero-order valence-electron chi connectivity index (χ0n) is 12.9. The molecule has 1 fully saturated rings. The number of likely N-dealkylation sites (N-methyl/N-ethyl adjacent to an activating group) is 1. The van der Waals surface area contributed by atoms with Gasteiger partial charge in [-0.05, 0) is 50.9 Å². The van der Waals surface area contributed by atoms with Gasteiger partial charge in [0.2, 0.25) is 0 Å². The normalized spacial score (nSPS) is 17.9. The molecule has 0 amide bonds. The molecule has 1 aromatic rings. The highest BCUT2D eigenvalue weighted by atomic mass is 16.5. The van der Waals surface area contributed by atoms with Crippen molar-refractivity contribution in [2.45, 2.75) is 31.8 Å². The lowest BCUT2D eigenvalue weighted by atomic mass is 10.0. The molecule has 1 saturated carbocycles. The number of hydrogen-bond donors (Lipinski definition) is 1. The first-order chi connectivity index (χ1) is 9.62. The largest absolute Gasteiger partial charge is 0.497 e. The molecule has 2 N–H and O–H groups in total. The molecule has 4 nitrogen and oxygen atoms in total. The predicted octanol–water partition coefficient (Wildman–Crippen LogP) is 2.43. The molecule has 1 aliphatic carbocycles. The first-order valence-corrected chi connectivity index (χ1v) is 7.26. The molecular weight excluding hydrogens is 252 g/mol. The van der Waals surface area contributed by atoms with Crippen LogP contribution in [-0.4, -0.2) is 38.8 Å². The molecule has 0 heterocycles. The van der Waals surface area contributed by atoms with Gasteiger partial charge in [-0.3, -0.25) is 4.90 Å². The van der Waals surface area contributed by atoms with Crippen LogP contribution in [0.3, 0.4) is 0 Å². The molecule has 0 spiro atoms. The number of methoxy groups -OCH3 is 2. The lowest BCUT2D eigenvalue weighted by Crippen LogP contribution is -2.41. The van der Waals surface area contributed by atoms with Gasteiger partial charge >= 0.3 is 0 Å². The van der Waals surface area contributed by atoms with Crippen LogP contribution in [0.4, 0.5) is 0 Å². The van der Waals surface area contributed by atoms with Crippen LogP contribution in [0.1, 0.15) is 31.4 Å². The van der Waals surface area contributed by atoms with E-state index in [0.29, 0.717) is 12.6 Å². The monoisotopic (exact) mass is 278 g/mol. The lowest BCUT2D eigenvalue weighted by Gasteiger charge is -2.33. The third-order valence-electron chi connectivity index (χ3n) is 4.43. The summed E-state index contributed by atoms with van der Waals surface area (Å²) in [5.74, 6) is 2.51. The van der Waals surface area contributed by atoms with Crippen molar-refractivity contribution >= 4 is 0 Å². The SMILES string of the molecule is COc1ccc(OC)c(C(C)N(C)C(CN)C2CC2)c1. The van der Waals surface area contributed by atoms with Gasteiger partial charge in [0.05, 0.1) is 14.2 Å². The second kappa shape index (κ2) is 6.46. The minimum absolute atomic E-state index is 0.245. The fourth-order valence-electron chi connectivity index (χ4n) is 2.84. The standard InChI is InChI=1S/C16H26N2O2/c1-11(18(2)15(10-17)12-5-6-12)14-9-13(19-3)7-8-16(14)20-4/h7-9,11-12,15H,5-6,10,17H2,1-4H3. The molecule has 2 unspecified atom stereocenters. The Morgan fingerprint density at radius 2 is 2.00 bits per heavy atom. The summed E-state index contributed by atoms with van der Waals surface area (Å²) in [6.45, 7) is 2.90.